The molecule has 0 saturated heterocycles. The van der Waals surface area contributed by atoms with Crippen LogP contribution in [0.4, 0.5) is 11.5 Å². The zero-order valence-electron chi connectivity index (χ0n) is 10.1. The van der Waals surface area contributed by atoms with Gasteiger partial charge in [-0.2, -0.15) is 0 Å². The molecule has 94 valence electrons. The van der Waals surface area contributed by atoms with Crippen molar-refractivity contribution in [3.05, 3.63) is 11.5 Å². The molecule has 0 unspecified atom stereocenters. The molecule has 0 amide bonds. The van der Waals surface area contributed by atoms with Crippen LogP contribution in [0.1, 0.15) is 32.6 Å². The zero-order valence-corrected chi connectivity index (χ0v) is 10.9. The highest BCUT2D eigenvalue weighted by molar-refractivity contribution is 6.32. The second kappa shape index (κ2) is 5.54. The monoisotopic (exact) mass is 254 g/mol. The normalized spacial score (nSPS) is 24.6. The molecule has 0 bridgehead atoms. The number of hydrogen-bond acceptors (Lipinski definition) is 4. The summed E-state index contributed by atoms with van der Waals surface area (Å²) in [5.41, 5.74) is 6.24. The number of rotatable bonds is 3. The molecule has 4 nitrogen and oxygen atoms in total. The largest absolute Gasteiger partial charge is 0.393 e. The van der Waals surface area contributed by atoms with Crippen LogP contribution < -0.4 is 11.1 Å². The number of nitrogens with zero attached hydrogens (tertiary/aromatic N) is 2. The molecule has 0 radical (unpaired) electrons. The molecule has 17 heavy (non-hydrogen) atoms. The second-order valence-electron chi connectivity index (χ2n) is 4.93. The van der Waals surface area contributed by atoms with Gasteiger partial charge in [0, 0.05) is 6.54 Å². The van der Waals surface area contributed by atoms with Gasteiger partial charge in [-0.15, -0.1) is 0 Å². The molecule has 1 aliphatic carbocycles. The van der Waals surface area contributed by atoms with Crippen molar-refractivity contribution < 1.29 is 0 Å². The summed E-state index contributed by atoms with van der Waals surface area (Å²) < 4.78 is 0. The third-order valence-corrected chi connectivity index (χ3v) is 3.83. The van der Waals surface area contributed by atoms with Gasteiger partial charge in [0.15, 0.2) is 11.0 Å². The third kappa shape index (κ3) is 3.22. The van der Waals surface area contributed by atoms with E-state index in [0.717, 1.165) is 18.4 Å². The van der Waals surface area contributed by atoms with Gasteiger partial charge in [-0.1, -0.05) is 31.4 Å². The van der Waals surface area contributed by atoms with Crippen LogP contribution in [0.15, 0.2) is 6.33 Å². The number of aromatic nitrogens is 2. The first kappa shape index (κ1) is 12.4. The van der Waals surface area contributed by atoms with Gasteiger partial charge in [-0.3, -0.25) is 0 Å². The Labute approximate surface area is 107 Å². The molecule has 1 heterocycles. The maximum Gasteiger partial charge on any atom is 0.157 e. The molecular weight excluding hydrogens is 236 g/mol. The van der Waals surface area contributed by atoms with E-state index in [1.165, 1.54) is 32.0 Å². The Hall–Kier alpha value is -1.03. The molecule has 1 aliphatic rings. The third-order valence-electron chi connectivity index (χ3n) is 3.53. The number of nitrogen functional groups attached to an aromatic ring is 1. The highest BCUT2D eigenvalue weighted by Gasteiger charge is 2.18. The van der Waals surface area contributed by atoms with Crippen molar-refractivity contribution >= 4 is 23.1 Å². The van der Waals surface area contributed by atoms with Crippen LogP contribution >= 0.6 is 11.6 Å². The van der Waals surface area contributed by atoms with E-state index < -0.39 is 0 Å². The fourth-order valence-electron chi connectivity index (χ4n) is 2.29. The average molecular weight is 255 g/mol. The Morgan fingerprint density at radius 2 is 2.06 bits per heavy atom. The summed E-state index contributed by atoms with van der Waals surface area (Å²) >= 11 is 5.84. The number of anilines is 2. The zero-order chi connectivity index (χ0) is 12.3. The minimum Gasteiger partial charge on any atom is -0.393 e. The first-order valence-electron chi connectivity index (χ1n) is 6.16. The van der Waals surface area contributed by atoms with Crippen LogP contribution in [0.2, 0.25) is 5.15 Å². The van der Waals surface area contributed by atoms with Crippen molar-refractivity contribution in [3.8, 4) is 0 Å². The summed E-state index contributed by atoms with van der Waals surface area (Å²) in [5, 5.41) is 3.60. The Morgan fingerprint density at radius 1 is 1.35 bits per heavy atom. The van der Waals surface area contributed by atoms with Crippen molar-refractivity contribution in [2.75, 3.05) is 17.6 Å². The van der Waals surface area contributed by atoms with Crippen molar-refractivity contribution in [1.29, 1.82) is 0 Å². The van der Waals surface area contributed by atoms with E-state index in [2.05, 4.69) is 22.2 Å². The van der Waals surface area contributed by atoms with E-state index in [9.17, 15) is 0 Å². The van der Waals surface area contributed by atoms with Gasteiger partial charge in [0.1, 0.15) is 12.0 Å². The van der Waals surface area contributed by atoms with Gasteiger partial charge >= 0.3 is 0 Å². The predicted molar refractivity (Wildman–Crippen MR) is 71.1 cm³/mol. The maximum atomic E-state index is 5.84. The molecule has 0 spiro atoms. The molecule has 0 aliphatic heterocycles. The van der Waals surface area contributed by atoms with E-state index >= 15 is 0 Å². The van der Waals surface area contributed by atoms with Gasteiger partial charge in [0.05, 0.1) is 0 Å². The molecule has 1 fully saturated rings. The smallest absolute Gasteiger partial charge is 0.157 e. The van der Waals surface area contributed by atoms with E-state index in [1.54, 1.807) is 0 Å². The number of halogens is 1. The Morgan fingerprint density at radius 3 is 2.76 bits per heavy atom. The molecule has 1 saturated carbocycles. The lowest BCUT2D eigenvalue weighted by Gasteiger charge is -2.26. The summed E-state index contributed by atoms with van der Waals surface area (Å²) in [7, 11) is 0. The lowest BCUT2D eigenvalue weighted by Crippen LogP contribution is -2.21. The molecule has 0 aromatic carbocycles. The van der Waals surface area contributed by atoms with E-state index in [0.29, 0.717) is 16.7 Å². The summed E-state index contributed by atoms with van der Waals surface area (Å²) in [6.45, 7) is 3.25. The molecule has 3 N–H and O–H groups in total. The fourth-order valence-corrected chi connectivity index (χ4v) is 2.42. The van der Waals surface area contributed by atoms with Crippen LogP contribution in [0, 0.1) is 11.8 Å². The van der Waals surface area contributed by atoms with Gasteiger partial charge in [-0.05, 0) is 24.7 Å². The van der Waals surface area contributed by atoms with Gasteiger partial charge < -0.3 is 11.1 Å². The molecular formula is C12H19ClN4. The number of nitrogens with one attached hydrogen (secondary N) is 1. The number of nitrogens with two attached hydrogens (primary N) is 1. The van der Waals surface area contributed by atoms with Crippen LogP contribution in [0.5, 0.6) is 0 Å². The van der Waals surface area contributed by atoms with Crippen LogP contribution in [0.25, 0.3) is 0 Å². The van der Waals surface area contributed by atoms with Crippen LogP contribution in [0.3, 0.4) is 0 Å². The average Bonchev–Trinajstić information content (AvgIpc) is 2.33. The van der Waals surface area contributed by atoms with Crippen molar-refractivity contribution in [2.24, 2.45) is 11.8 Å². The standard InChI is InChI=1S/C12H19ClN4/c1-8-2-4-9(5-3-8)6-15-12-10(14)11(13)16-7-17-12/h7-9H,2-6,14H2,1H3,(H,15,16,17). The molecule has 5 heteroatoms. The Kier molecular flexibility index (Phi) is 4.05. The van der Waals surface area contributed by atoms with Crippen molar-refractivity contribution in [3.63, 3.8) is 0 Å². The SMILES string of the molecule is CC1CCC(CNc2ncnc(Cl)c2N)CC1. The van der Waals surface area contributed by atoms with Gasteiger partial charge in [0.2, 0.25) is 0 Å². The van der Waals surface area contributed by atoms with E-state index in [-0.39, 0.29) is 0 Å². The van der Waals surface area contributed by atoms with E-state index in [4.69, 9.17) is 17.3 Å². The van der Waals surface area contributed by atoms with Gasteiger partial charge in [0.25, 0.3) is 0 Å². The summed E-state index contributed by atoms with van der Waals surface area (Å²) in [4.78, 5) is 7.94. The molecule has 2 rings (SSSR count). The molecule has 0 atom stereocenters. The Bertz CT molecular complexity index is 375. The fraction of sp³-hybridized carbons (Fsp3) is 0.667. The molecule has 1 aromatic heterocycles. The maximum absolute atomic E-state index is 5.84. The van der Waals surface area contributed by atoms with Gasteiger partial charge in [-0.25, -0.2) is 9.97 Å². The van der Waals surface area contributed by atoms with Crippen molar-refractivity contribution in [2.45, 2.75) is 32.6 Å². The Balaban J connectivity index is 1.87. The van der Waals surface area contributed by atoms with Crippen LogP contribution in [-0.4, -0.2) is 16.5 Å². The van der Waals surface area contributed by atoms with Crippen LogP contribution in [-0.2, 0) is 0 Å². The lowest BCUT2D eigenvalue weighted by atomic mass is 9.83. The summed E-state index contributed by atoms with van der Waals surface area (Å²) in [6, 6.07) is 0. The topological polar surface area (TPSA) is 63.8 Å². The summed E-state index contributed by atoms with van der Waals surface area (Å²) in [5.74, 6) is 2.26. The highest BCUT2D eigenvalue weighted by atomic mass is 35.5. The minimum atomic E-state index is 0.319. The predicted octanol–water partition coefficient (Wildman–Crippen LogP) is 2.95. The lowest BCUT2D eigenvalue weighted by molar-refractivity contribution is 0.300. The molecule has 1 aromatic rings. The van der Waals surface area contributed by atoms with Crippen molar-refractivity contribution in [1.82, 2.24) is 9.97 Å². The first-order valence-corrected chi connectivity index (χ1v) is 6.54. The number of hydrogen-bond donors (Lipinski definition) is 2. The highest BCUT2D eigenvalue weighted by Crippen LogP contribution is 2.29. The summed E-state index contributed by atoms with van der Waals surface area (Å²) in [6.07, 6.45) is 6.66. The van der Waals surface area contributed by atoms with E-state index in [1.807, 2.05) is 0 Å². The first-order chi connectivity index (χ1) is 8.16. The second-order valence-corrected chi connectivity index (χ2v) is 5.29. The minimum absolute atomic E-state index is 0.319. The quantitative estimate of drug-likeness (QED) is 0.814.